The molecule has 1 unspecified atom stereocenters. The van der Waals surface area contributed by atoms with Crippen LogP contribution in [-0.2, 0) is 29.3 Å². The van der Waals surface area contributed by atoms with Gasteiger partial charge in [-0.3, -0.25) is 9.36 Å². The molecule has 118 valence electrons. The van der Waals surface area contributed by atoms with Gasteiger partial charge < -0.3 is 5.32 Å². The number of aromatic nitrogens is 2. The molecule has 4 rings (SSSR count). The van der Waals surface area contributed by atoms with Crippen LogP contribution >= 0.6 is 11.3 Å². The van der Waals surface area contributed by atoms with E-state index in [9.17, 15) is 13.2 Å². The van der Waals surface area contributed by atoms with Crippen molar-refractivity contribution < 1.29 is 8.42 Å². The summed E-state index contributed by atoms with van der Waals surface area (Å²) in [7, 11) is -2.92. The van der Waals surface area contributed by atoms with E-state index in [0.29, 0.717) is 13.0 Å². The van der Waals surface area contributed by atoms with E-state index in [1.165, 1.54) is 4.88 Å². The van der Waals surface area contributed by atoms with Gasteiger partial charge in [0.25, 0.3) is 5.56 Å². The lowest BCUT2D eigenvalue weighted by Crippen LogP contribution is -2.27. The normalized spacial score (nSPS) is 23.7. The fraction of sp³-hybridized carbons (Fsp3) is 0.571. The molecule has 2 aromatic rings. The van der Waals surface area contributed by atoms with Crippen LogP contribution in [0.15, 0.2) is 11.1 Å². The van der Waals surface area contributed by atoms with Crippen LogP contribution in [0, 0.1) is 5.92 Å². The van der Waals surface area contributed by atoms with Gasteiger partial charge in [0.15, 0.2) is 9.84 Å². The number of thiophene rings is 1. The summed E-state index contributed by atoms with van der Waals surface area (Å²) in [6, 6.07) is 0. The standard InChI is InChI=1S/C14H17N3O3S2/c18-14-12-10-1-3-15-5-11(10)21-13(12)16-8-17(14)6-9-2-4-22(19,20)7-9/h8-9,15H,1-7H2. The number of hydrogen-bond donors (Lipinski definition) is 1. The summed E-state index contributed by atoms with van der Waals surface area (Å²) >= 11 is 1.58. The molecule has 0 aromatic carbocycles. The van der Waals surface area contributed by atoms with Crippen LogP contribution in [0.5, 0.6) is 0 Å². The molecular formula is C14H17N3O3S2. The summed E-state index contributed by atoms with van der Waals surface area (Å²) in [6.45, 7) is 2.13. The van der Waals surface area contributed by atoms with Crippen LogP contribution < -0.4 is 10.9 Å². The first-order valence-electron chi connectivity index (χ1n) is 7.44. The fourth-order valence-electron chi connectivity index (χ4n) is 3.37. The fourth-order valence-corrected chi connectivity index (χ4v) is 6.37. The van der Waals surface area contributed by atoms with Crippen LogP contribution in [0.1, 0.15) is 16.9 Å². The van der Waals surface area contributed by atoms with Crippen molar-refractivity contribution in [1.29, 1.82) is 0 Å². The van der Waals surface area contributed by atoms with Crippen molar-refractivity contribution >= 4 is 31.4 Å². The van der Waals surface area contributed by atoms with Crippen LogP contribution in [-0.4, -0.2) is 36.0 Å². The topological polar surface area (TPSA) is 81.1 Å². The third kappa shape index (κ3) is 2.39. The monoisotopic (exact) mass is 339 g/mol. The van der Waals surface area contributed by atoms with Crippen molar-refractivity contribution in [3.05, 3.63) is 27.1 Å². The Kier molecular flexibility index (Phi) is 3.35. The van der Waals surface area contributed by atoms with Crippen molar-refractivity contribution in [2.75, 3.05) is 18.1 Å². The largest absolute Gasteiger partial charge is 0.312 e. The van der Waals surface area contributed by atoms with Gasteiger partial charge in [-0.15, -0.1) is 11.3 Å². The number of nitrogens with zero attached hydrogens (tertiary/aromatic N) is 2. The van der Waals surface area contributed by atoms with Crippen molar-refractivity contribution in [2.45, 2.75) is 25.9 Å². The summed E-state index contributed by atoms with van der Waals surface area (Å²) in [5, 5.41) is 4.05. The van der Waals surface area contributed by atoms with E-state index in [2.05, 4.69) is 10.3 Å². The highest BCUT2D eigenvalue weighted by Gasteiger charge is 2.29. The SMILES string of the molecule is O=c1c2c3c(sc2ncn1CC1CCS(=O)(=O)C1)CNCC3. The van der Waals surface area contributed by atoms with Gasteiger partial charge >= 0.3 is 0 Å². The average Bonchev–Trinajstić information content (AvgIpc) is 3.02. The molecule has 1 saturated heterocycles. The molecule has 2 aliphatic rings. The van der Waals surface area contributed by atoms with E-state index in [0.717, 1.165) is 35.3 Å². The highest BCUT2D eigenvalue weighted by atomic mass is 32.2. The predicted octanol–water partition coefficient (Wildman–Crippen LogP) is 0.538. The van der Waals surface area contributed by atoms with Crippen LogP contribution in [0.2, 0.25) is 0 Å². The van der Waals surface area contributed by atoms with Crippen LogP contribution in [0.3, 0.4) is 0 Å². The Labute approximate surface area is 132 Å². The van der Waals surface area contributed by atoms with E-state index in [1.807, 2.05) is 0 Å². The molecule has 6 nitrogen and oxygen atoms in total. The molecule has 2 aliphatic heterocycles. The minimum Gasteiger partial charge on any atom is -0.312 e. The number of sulfone groups is 1. The predicted molar refractivity (Wildman–Crippen MR) is 86.1 cm³/mol. The Hall–Kier alpha value is -1.25. The Morgan fingerprint density at radius 1 is 1.45 bits per heavy atom. The molecule has 0 saturated carbocycles. The first-order chi connectivity index (χ1) is 10.5. The van der Waals surface area contributed by atoms with Gasteiger partial charge in [-0.25, -0.2) is 13.4 Å². The summed E-state index contributed by atoms with van der Waals surface area (Å²) in [6.07, 6.45) is 3.07. The smallest absolute Gasteiger partial charge is 0.262 e. The molecule has 0 amide bonds. The Bertz CT molecular complexity index is 898. The lowest BCUT2D eigenvalue weighted by molar-refractivity contribution is 0.479. The zero-order chi connectivity index (χ0) is 15.3. The van der Waals surface area contributed by atoms with Crippen molar-refractivity contribution in [3.63, 3.8) is 0 Å². The molecule has 1 N–H and O–H groups in total. The first-order valence-corrected chi connectivity index (χ1v) is 10.1. The van der Waals surface area contributed by atoms with Gasteiger partial charge in [0.1, 0.15) is 4.83 Å². The second-order valence-electron chi connectivity index (χ2n) is 6.08. The molecule has 1 atom stereocenters. The Morgan fingerprint density at radius 2 is 2.32 bits per heavy atom. The third-order valence-corrected chi connectivity index (χ3v) is 7.46. The molecule has 0 radical (unpaired) electrons. The van der Waals surface area contributed by atoms with Crippen LogP contribution in [0.4, 0.5) is 0 Å². The van der Waals surface area contributed by atoms with E-state index in [-0.39, 0.29) is 23.0 Å². The van der Waals surface area contributed by atoms with Crippen molar-refractivity contribution in [2.24, 2.45) is 5.92 Å². The summed E-state index contributed by atoms with van der Waals surface area (Å²) in [5.41, 5.74) is 1.11. The minimum absolute atomic E-state index is 0.0197. The van der Waals surface area contributed by atoms with Crippen molar-refractivity contribution in [1.82, 2.24) is 14.9 Å². The van der Waals surface area contributed by atoms with E-state index < -0.39 is 9.84 Å². The number of hydrogen-bond acceptors (Lipinski definition) is 6. The molecule has 2 aromatic heterocycles. The lowest BCUT2D eigenvalue weighted by atomic mass is 10.1. The van der Waals surface area contributed by atoms with Gasteiger partial charge in [-0.05, 0) is 30.9 Å². The Balaban J connectivity index is 1.73. The zero-order valence-electron chi connectivity index (χ0n) is 12.0. The highest BCUT2D eigenvalue weighted by molar-refractivity contribution is 7.91. The second kappa shape index (κ2) is 5.14. The average molecular weight is 339 g/mol. The molecule has 0 bridgehead atoms. The number of rotatable bonds is 2. The molecule has 4 heterocycles. The summed E-state index contributed by atoms with van der Waals surface area (Å²) in [5.74, 6) is 0.447. The Morgan fingerprint density at radius 3 is 3.09 bits per heavy atom. The number of nitrogens with one attached hydrogen (secondary N) is 1. The molecule has 0 aliphatic carbocycles. The maximum absolute atomic E-state index is 12.8. The van der Waals surface area contributed by atoms with Gasteiger partial charge in [-0.2, -0.15) is 0 Å². The maximum Gasteiger partial charge on any atom is 0.262 e. The quantitative estimate of drug-likeness (QED) is 0.864. The molecule has 1 fully saturated rings. The van der Waals surface area contributed by atoms with Crippen LogP contribution in [0.25, 0.3) is 10.2 Å². The second-order valence-corrected chi connectivity index (χ2v) is 9.39. The molecule has 22 heavy (non-hydrogen) atoms. The molecule has 8 heteroatoms. The maximum atomic E-state index is 12.8. The van der Waals surface area contributed by atoms with Crippen molar-refractivity contribution in [3.8, 4) is 0 Å². The lowest BCUT2D eigenvalue weighted by Gasteiger charge is -2.13. The minimum atomic E-state index is -2.92. The molecular weight excluding hydrogens is 322 g/mol. The summed E-state index contributed by atoms with van der Waals surface area (Å²) < 4.78 is 24.7. The van der Waals surface area contributed by atoms with Gasteiger partial charge in [0, 0.05) is 18.0 Å². The zero-order valence-corrected chi connectivity index (χ0v) is 13.7. The van der Waals surface area contributed by atoms with Gasteiger partial charge in [-0.1, -0.05) is 0 Å². The van der Waals surface area contributed by atoms with E-state index in [1.54, 1.807) is 22.2 Å². The van der Waals surface area contributed by atoms with E-state index >= 15 is 0 Å². The first kappa shape index (κ1) is 14.3. The highest BCUT2D eigenvalue weighted by Crippen LogP contribution is 2.29. The number of fused-ring (bicyclic) bond motifs is 3. The molecule has 0 spiro atoms. The van der Waals surface area contributed by atoms with Gasteiger partial charge in [0.2, 0.25) is 0 Å². The third-order valence-electron chi connectivity index (χ3n) is 4.48. The summed E-state index contributed by atoms with van der Waals surface area (Å²) in [4.78, 5) is 19.2. The van der Waals surface area contributed by atoms with Gasteiger partial charge in [0.05, 0.1) is 23.2 Å². The van der Waals surface area contributed by atoms with E-state index in [4.69, 9.17) is 0 Å².